The number of aryl methyl sites for hydroxylation is 1. The van der Waals surface area contributed by atoms with Crippen LogP contribution < -0.4 is 5.73 Å². The molecule has 0 saturated carbocycles. The van der Waals surface area contributed by atoms with Crippen LogP contribution in [0.3, 0.4) is 0 Å². The van der Waals surface area contributed by atoms with Crippen LogP contribution in [0.5, 0.6) is 0 Å². The van der Waals surface area contributed by atoms with E-state index in [1.165, 1.54) is 0 Å². The first kappa shape index (κ1) is 9.24. The van der Waals surface area contributed by atoms with Gasteiger partial charge in [0.25, 0.3) is 0 Å². The average molecular weight is 190 g/mol. The first-order valence-electron chi connectivity index (χ1n) is 4.66. The summed E-state index contributed by atoms with van der Waals surface area (Å²) < 4.78 is 2.00. The molecule has 0 aliphatic carbocycles. The Hall–Kier alpha value is -1.32. The number of fused-ring (bicyclic) bond motifs is 1. The summed E-state index contributed by atoms with van der Waals surface area (Å²) in [6.07, 6.45) is 1.41. The molecule has 0 aliphatic heterocycles. The first-order chi connectivity index (χ1) is 6.74. The highest BCUT2D eigenvalue weighted by Crippen LogP contribution is 2.24. The van der Waals surface area contributed by atoms with Crippen LogP contribution in [0.25, 0.3) is 10.9 Å². The highest BCUT2D eigenvalue weighted by molar-refractivity contribution is 5.83. The molecule has 1 aromatic heterocycles. The summed E-state index contributed by atoms with van der Waals surface area (Å²) in [4.78, 5) is 0. The molecule has 3 N–H and O–H groups in total. The minimum Gasteiger partial charge on any atom is -0.387 e. The predicted molar refractivity (Wildman–Crippen MR) is 56.9 cm³/mol. The van der Waals surface area contributed by atoms with E-state index in [1.54, 1.807) is 0 Å². The third kappa shape index (κ3) is 1.31. The maximum atomic E-state index is 9.73. The average Bonchev–Trinajstić information content (AvgIpc) is 2.59. The van der Waals surface area contributed by atoms with Gasteiger partial charge in [0, 0.05) is 25.4 Å². The third-order valence-corrected chi connectivity index (χ3v) is 2.51. The SMILES string of the molecule is Cn1ccc2cccc(C(O)CN)c21. The second-order valence-electron chi connectivity index (χ2n) is 3.46. The molecule has 0 saturated heterocycles. The Labute approximate surface area is 82.8 Å². The molecule has 1 heterocycles. The zero-order chi connectivity index (χ0) is 10.1. The number of aliphatic hydroxyl groups excluding tert-OH is 1. The van der Waals surface area contributed by atoms with Crippen molar-refractivity contribution in [2.75, 3.05) is 6.54 Å². The van der Waals surface area contributed by atoms with Crippen LogP contribution in [-0.2, 0) is 7.05 Å². The van der Waals surface area contributed by atoms with Crippen LogP contribution in [-0.4, -0.2) is 16.2 Å². The van der Waals surface area contributed by atoms with Crippen LogP contribution in [0.1, 0.15) is 11.7 Å². The van der Waals surface area contributed by atoms with Gasteiger partial charge in [-0.25, -0.2) is 0 Å². The van der Waals surface area contributed by atoms with Gasteiger partial charge in [-0.2, -0.15) is 0 Å². The van der Waals surface area contributed by atoms with E-state index in [1.807, 2.05) is 42.1 Å². The Bertz CT molecular complexity index is 447. The summed E-state index contributed by atoms with van der Waals surface area (Å²) in [5.74, 6) is 0. The standard InChI is InChI=1S/C11H14N2O/c1-13-6-5-8-3-2-4-9(11(8)13)10(14)7-12/h2-6,10,14H,7,12H2,1H3. The number of aliphatic hydroxyl groups is 1. The monoisotopic (exact) mass is 190 g/mol. The normalized spacial score (nSPS) is 13.4. The number of para-hydroxylation sites is 1. The van der Waals surface area contributed by atoms with Crippen molar-refractivity contribution < 1.29 is 5.11 Å². The summed E-state index contributed by atoms with van der Waals surface area (Å²) in [6, 6.07) is 7.92. The molecule has 0 bridgehead atoms. The number of nitrogens with zero attached hydrogens (tertiary/aromatic N) is 1. The Balaban J connectivity index is 2.69. The van der Waals surface area contributed by atoms with Gasteiger partial charge < -0.3 is 15.4 Å². The molecule has 3 nitrogen and oxygen atoms in total. The Morgan fingerprint density at radius 3 is 2.93 bits per heavy atom. The van der Waals surface area contributed by atoms with Crippen molar-refractivity contribution in [3.05, 3.63) is 36.0 Å². The maximum absolute atomic E-state index is 9.73. The number of nitrogens with two attached hydrogens (primary N) is 1. The molecule has 0 aliphatic rings. The van der Waals surface area contributed by atoms with Gasteiger partial charge in [0.1, 0.15) is 0 Å². The zero-order valence-corrected chi connectivity index (χ0v) is 8.14. The van der Waals surface area contributed by atoms with Crippen molar-refractivity contribution in [3.63, 3.8) is 0 Å². The molecule has 2 aromatic rings. The lowest BCUT2D eigenvalue weighted by Crippen LogP contribution is -2.12. The first-order valence-corrected chi connectivity index (χ1v) is 4.66. The fourth-order valence-electron chi connectivity index (χ4n) is 1.78. The molecule has 14 heavy (non-hydrogen) atoms. The zero-order valence-electron chi connectivity index (χ0n) is 8.14. The molecular formula is C11H14N2O. The van der Waals surface area contributed by atoms with Crippen LogP contribution >= 0.6 is 0 Å². The van der Waals surface area contributed by atoms with Crippen molar-refractivity contribution in [1.82, 2.24) is 4.57 Å². The van der Waals surface area contributed by atoms with Crippen LogP contribution in [0, 0.1) is 0 Å². The van der Waals surface area contributed by atoms with Crippen molar-refractivity contribution >= 4 is 10.9 Å². The quantitative estimate of drug-likeness (QED) is 0.747. The van der Waals surface area contributed by atoms with E-state index in [9.17, 15) is 5.11 Å². The van der Waals surface area contributed by atoms with E-state index in [4.69, 9.17) is 5.73 Å². The molecular weight excluding hydrogens is 176 g/mol. The Kier molecular flexibility index (Phi) is 2.27. The lowest BCUT2D eigenvalue weighted by atomic mass is 10.1. The van der Waals surface area contributed by atoms with Crippen molar-refractivity contribution in [2.24, 2.45) is 12.8 Å². The molecule has 0 radical (unpaired) electrons. The van der Waals surface area contributed by atoms with Crippen LogP contribution in [0.4, 0.5) is 0 Å². The third-order valence-electron chi connectivity index (χ3n) is 2.51. The van der Waals surface area contributed by atoms with E-state index in [-0.39, 0.29) is 6.54 Å². The lowest BCUT2D eigenvalue weighted by molar-refractivity contribution is 0.188. The molecule has 2 rings (SSSR count). The Morgan fingerprint density at radius 2 is 2.21 bits per heavy atom. The maximum Gasteiger partial charge on any atom is 0.0932 e. The second-order valence-corrected chi connectivity index (χ2v) is 3.46. The largest absolute Gasteiger partial charge is 0.387 e. The van der Waals surface area contributed by atoms with Crippen molar-refractivity contribution in [3.8, 4) is 0 Å². The van der Waals surface area contributed by atoms with Crippen LogP contribution in [0.2, 0.25) is 0 Å². The summed E-state index contributed by atoms with van der Waals surface area (Å²) in [7, 11) is 1.97. The number of hydrogen-bond donors (Lipinski definition) is 2. The van der Waals surface area contributed by atoms with Gasteiger partial charge in [0.05, 0.1) is 11.6 Å². The van der Waals surface area contributed by atoms with E-state index < -0.39 is 6.10 Å². The topological polar surface area (TPSA) is 51.2 Å². The number of hydrogen-bond acceptors (Lipinski definition) is 2. The summed E-state index contributed by atoms with van der Waals surface area (Å²) in [5.41, 5.74) is 7.42. The molecule has 0 fully saturated rings. The van der Waals surface area contributed by atoms with Gasteiger partial charge in [-0.05, 0) is 11.5 Å². The molecule has 0 spiro atoms. The molecule has 1 unspecified atom stereocenters. The van der Waals surface area contributed by atoms with Gasteiger partial charge in [-0.3, -0.25) is 0 Å². The predicted octanol–water partition coefficient (Wildman–Crippen LogP) is 1.17. The van der Waals surface area contributed by atoms with Gasteiger partial charge in [0.15, 0.2) is 0 Å². The van der Waals surface area contributed by atoms with Gasteiger partial charge >= 0.3 is 0 Å². The smallest absolute Gasteiger partial charge is 0.0932 e. The van der Waals surface area contributed by atoms with E-state index in [2.05, 4.69) is 0 Å². The van der Waals surface area contributed by atoms with Gasteiger partial charge in [-0.15, -0.1) is 0 Å². The number of benzene rings is 1. The molecule has 74 valence electrons. The number of rotatable bonds is 2. The highest BCUT2D eigenvalue weighted by atomic mass is 16.3. The van der Waals surface area contributed by atoms with Gasteiger partial charge in [-0.1, -0.05) is 18.2 Å². The molecule has 0 amide bonds. The summed E-state index contributed by atoms with van der Waals surface area (Å²) >= 11 is 0. The Morgan fingerprint density at radius 1 is 1.43 bits per heavy atom. The highest BCUT2D eigenvalue weighted by Gasteiger charge is 2.10. The fraction of sp³-hybridized carbons (Fsp3) is 0.273. The summed E-state index contributed by atoms with van der Waals surface area (Å²) in [6.45, 7) is 0.254. The fourth-order valence-corrected chi connectivity index (χ4v) is 1.78. The van der Waals surface area contributed by atoms with Crippen molar-refractivity contribution in [1.29, 1.82) is 0 Å². The second kappa shape index (κ2) is 3.44. The molecule has 3 heteroatoms. The van der Waals surface area contributed by atoms with E-state index in [0.29, 0.717) is 0 Å². The van der Waals surface area contributed by atoms with E-state index in [0.717, 1.165) is 16.5 Å². The summed E-state index contributed by atoms with van der Waals surface area (Å²) in [5, 5.41) is 10.9. The minimum absolute atomic E-state index is 0.254. The van der Waals surface area contributed by atoms with Crippen molar-refractivity contribution in [2.45, 2.75) is 6.10 Å². The van der Waals surface area contributed by atoms with E-state index >= 15 is 0 Å². The lowest BCUT2D eigenvalue weighted by Gasteiger charge is -2.10. The van der Waals surface area contributed by atoms with Crippen LogP contribution in [0.15, 0.2) is 30.5 Å². The molecule has 1 atom stereocenters. The molecule has 1 aromatic carbocycles. The minimum atomic E-state index is -0.577. The number of aromatic nitrogens is 1. The van der Waals surface area contributed by atoms with Gasteiger partial charge in [0.2, 0.25) is 0 Å².